The Bertz CT molecular complexity index is 561. The van der Waals surface area contributed by atoms with Gasteiger partial charge in [0.05, 0.1) is 5.69 Å². The normalized spacial score (nSPS) is 10.8. The molecule has 6 nitrogen and oxygen atoms in total. The van der Waals surface area contributed by atoms with Crippen molar-refractivity contribution in [2.75, 3.05) is 11.9 Å². The maximum absolute atomic E-state index is 4.61. The summed E-state index contributed by atoms with van der Waals surface area (Å²) in [7, 11) is 1.86. The fourth-order valence-corrected chi connectivity index (χ4v) is 2.43. The summed E-state index contributed by atoms with van der Waals surface area (Å²) in [5.74, 6) is 1.70. The molecule has 1 N–H and O–H groups in total. The molecule has 0 aromatic carbocycles. The third-order valence-corrected chi connectivity index (χ3v) is 3.36. The second-order valence-electron chi connectivity index (χ2n) is 4.58. The van der Waals surface area contributed by atoms with E-state index in [1.807, 2.05) is 13.1 Å². The number of aromatic nitrogens is 5. The quantitative estimate of drug-likeness (QED) is 0.876. The third-order valence-electron chi connectivity index (χ3n) is 2.83. The van der Waals surface area contributed by atoms with Crippen LogP contribution in [0.4, 0.5) is 5.82 Å². The van der Waals surface area contributed by atoms with Crippen LogP contribution < -0.4 is 5.32 Å². The Kier molecular flexibility index (Phi) is 5.05. The van der Waals surface area contributed by atoms with E-state index < -0.39 is 0 Å². The highest BCUT2D eigenvalue weighted by Crippen LogP contribution is 2.25. The second-order valence-corrected chi connectivity index (χ2v) is 5.34. The zero-order valence-electron chi connectivity index (χ0n) is 12.0. The molecule has 2 heterocycles. The Labute approximate surface area is 127 Å². The summed E-state index contributed by atoms with van der Waals surface area (Å²) in [4.78, 5) is 9.16. The molecule has 0 aliphatic heterocycles. The van der Waals surface area contributed by atoms with Crippen molar-refractivity contribution in [1.82, 2.24) is 25.0 Å². The van der Waals surface area contributed by atoms with Crippen LogP contribution in [0.25, 0.3) is 11.4 Å². The van der Waals surface area contributed by atoms with Crippen LogP contribution in [-0.2, 0) is 13.5 Å². The largest absolute Gasteiger partial charge is 0.370 e. The Morgan fingerprint density at radius 1 is 1.25 bits per heavy atom. The molecule has 0 aliphatic rings. The Hall–Kier alpha value is -1.50. The number of hydrogen-bond donors (Lipinski definition) is 1. The van der Waals surface area contributed by atoms with Gasteiger partial charge >= 0.3 is 0 Å². The lowest BCUT2D eigenvalue weighted by molar-refractivity contribution is 0.717. The maximum atomic E-state index is 4.61. The molecule has 0 amide bonds. The van der Waals surface area contributed by atoms with Crippen molar-refractivity contribution < 1.29 is 0 Å². The van der Waals surface area contributed by atoms with E-state index in [2.05, 4.69) is 55.4 Å². The molecule has 0 atom stereocenters. The van der Waals surface area contributed by atoms with Crippen molar-refractivity contribution >= 4 is 21.7 Å². The Balaban J connectivity index is 2.43. The molecule has 0 saturated carbocycles. The summed E-state index contributed by atoms with van der Waals surface area (Å²) in [5, 5.41) is 11.3. The fraction of sp³-hybridized carbons (Fsp3) is 0.538. The van der Waals surface area contributed by atoms with Gasteiger partial charge in [0.2, 0.25) is 0 Å². The lowest BCUT2D eigenvalue weighted by Gasteiger charge is -2.09. The number of aryl methyl sites for hydroxylation is 2. The van der Waals surface area contributed by atoms with Crippen LogP contribution in [0.3, 0.4) is 0 Å². The minimum absolute atomic E-state index is 0.697. The Morgan fingerprint density at radius 3 is 2.65 bits per heavy atom. The molecule has 0 radical (unpaired) electrons. The third kappa shape index (κ3) is 3.33. The number of nitrogens with zero attached hydrogens (tertiary/aromatic N) is 5. The van der Waals surface area contributed by atoms with E-state index >= 15 is 0 Å². The first-order chi connectivity index (χ1) is 9.65. The van der Waals surface area contributed by atoms with E-state index in [4.69, 9.17) is 0 Å². The van der Waals surface area contributed by atoms with Crippen molar-refractivity contribution in [3.63, 3.8) is 0 Å². The van der Waals surface area contributed by atoms with Gasteiger partial charge in [-0.2, -0.15) is 0 Å². The van der Waals surface area contributed by atoms with Crippen LogP contribution in [0.2, 0.25) is 0 Å². The first-order valence-corrected chi connectivity index (χ1v) is 7.62. The van der Waals surface area contributed by atoms with E-state index in [1.54, 1.807) is 4.68 Å². The van der Waals surface area contributed by atoms with Crippen LogP contribution in [-0.4, -0.2) is 31.5 Å². The lowest BCUT2D eigenvalue weighted by Crippen LogP contribution is -2.07. The van der Waals surface area contributed by atoms with Gasteiger partial charge in [-0.05, 0) is 28.8 Å². The van der Waals surface area contributed by atoms with Crippen LogP contribution in [0.15, 0.2) is 10.7 Å². The summed E-state index contributed by atoms with van der Waals surface area (Å²) in [5.41, 5.74) is 1.70. The van der Waals surface area contributed by atoms with Gasteiger partial charge in [-0.25, -0.2) is 14.6 Å². The highest BCUT2D eigenvalue weighted by Gasteiger charge is 2.14. The number of anilines is 1. The summed E-state index contributed by atoms with van der Waals surface area (Å²) in [6.07, 6.45) is 2.93. The van der Waals surface area contributed by atoms with E-state index in [0.29, 0.717) is 4.60 Å². The second kappa shape index (κ2) is 6.78. The van der Waals surface area contributed by atoms with Crippen LogP contribution in [0.1, 0.15) is 32.5 Å². The minimum Gasteiger partial charge on any atom is -0.370 e. The number of nitrogens with one attached hydrogen (secondary N) is 1. The number of halogens is 1. The predicted octanol–water partition coefficient (Wildman–Crippen LogP) is 2.81. The van der Waals surface area contributed by atoms with Crippen LogP contribution >= 0.6 is 15.9 Å². The molecule has 0 saturated heterocycles. The fourth-order valence-electron chi connectivity index (χ4n) is 1.90. The predicted molar refractivity (Wildman–Crippen MR) is 82.5 cm³/mol. The number of rotatable bonds is 6. The average molecular weight is 339 g/mol. The van der Waals surface area contributed by atoms with Gasteiger partial charge in [-0.15, -0.1) is 5.10 Å². The molecule has 20 heavy (non-hydrogen) atoms. The maximum Gasteiger partial charge on any atom is 0.157 e. The van der Waals surface area contributed by atoms with Crippen LogP contribution in [0, 0.1) is 0 Å². The topological polar surface area (TPSA) is 68.5 Å². The van der Waals surface area contributed by atoms with Crippen LogP contribution in [0.5, 0.6) is 0 Å². The van der Waals surface area contributed by atoms with Gasteiger partial charge in [-0.1, -0.05) is 19.1 Å². The molecule has 2 rings (SSSR count). The van der Waals surface area contributed by atoms with Gasteiger partial charge in [0, 0.05) is 26.1 Å². The highest BCUT2D eigenvalue weighted by atomic mass is 79.9. The van der Waals surface area contributed by atoms with Crippen molar-refractivity contribution in [3.05, 3.63) is 16.5 Å². The molecule has 0 fully saturated rings. The van der Waals surface area contributed by atoms with Gasteiger partial charge in [0.25, 0.3) is 0 Å². The van der Waals surface area contributed by atoms with E-state index in [1.165, 1.54) is 0 Å². The zero-order valence-corrected chi connectivity index (χ0v) is 13.6. The molecule has 0 bridgehead atoms. The Morgan fingerprint density at radius 2 is 2.05 bits per heavy atom. The highest BCUT2D eigenvalue weighted by molar-refractivity contribution is 9.10. The van der Waals surface area contributed by atoms with E-state index in [9.17, 15) is 0 Å². The summed E-state index contributed by atoms with van der Waals surface area (Å²) in [6, 6.07) is 1.94. The first-order valence-electron chi connectivity index (χ1n) is 6.83. The summed E-state index contributed by atoms with van der Waals surface area (Å²) < 4.78 is 2.41. The average Bonchev–Trinajstić information content (AvgIpc) is 2.76. The molecule has 2 aromatic heterocycles. The van der Waals surface area contributed by atoms with Crippen molar-refractivity contribution in [2.45, 2.75) is 33.1 Å². The van der Waals surface area contributed by atoms with Gasteiger partial charge in [0.1, 0.15) is 17.3 Å². The molecule has 2 aromatic rings. The lowest BCUT2D eigenvalue weighted by atomic mass is 10.2. The molecule has 0 aliphatic carbocycles. The summed E-state index contributed by atoms with van der Waals surface area (Å²) in [6.45, 7) is 5.15. The van der Waals surface area contributed by atoms with Gasteiger partial charge in [0.15, 0.2) is 4.60 Å². The van der Waals surface area contributed by atoms with Crippen molar-refractivity contribution in [2.24, 2.45) is 7.05 Å². The summed E-state index contributed by atoms with van der Waals surface area (Å²) >= 11 is 3.42. The van der Waals surface area contributed by atoms with Gasteiger partial charge in [-0.3, -0.25) is 0 Å². The molecule has 7 heteroatoms. The molecule has 0 spiro atoms. The van der Waals surface area contributed by atoms with Crippen molar-refractivity contribution in [3.8, 4) is 11.4 Å². The molecular formula is C13H19BrN6. The monoisotopic (exact) mass is 338 g/mol. The van der Waals surface area contributed by atoms with E-state index in [0.717, 1.165) is 48.8 Å². The first kappa shape index (κ1) is 14.9. The molecular weight excluding hydrogens is 320 g/mol. The van der Waals surface area contributed by atoms with E-state index in [-0.39, 0.29) is 0 Å². The molecule has 108 valence electrons. The minimum atomic E-state index is 0.697. The van der Waals surface area contributed by atoms with Gasteiger partial charge < -0.3 is 5.32 Å². The molecule has 0 unspecified atom stereocenters. The smallest absolute Gasteiger partial charge is 0.157 e. The standard InChI is InChI=1S/C13H19BrN6/c1-4-6-10-16-9(8-11(17-10)15-7-5-2)12-13(14)18-19-20(12)3/h8H,4-7H2,1-3H3,(H,15,16,17). The zero-order chi connectivity index (χ0) is 14.5. The van der Waals surface area contributed by atoms with Crippen molar-refractivity contribution in [1.29, 1.82) is 0 Å². The number of hydrogen-bond acceptors (Lipinski definition) is 5. The SMILES string of the molecule is CCCNc1cc(-c2c(Br)nnn2C)nc(CCC)n1.